The third-order valence-electron chi connectivity index (χ3n) is 3.33. The number of nitrogens with zero attached hydrogens (tertiary/aromatic N) is 3. The third-order valence-corrected chi connectivity index (χ3v) is 3.33. The van der Waals surface area contributed by atoms with Gasteiger partial charge < -0.3 is 5.32 Å². The van der Waals surface area contributed by atoms with Crippen molar-refractivity contribution in [2.24, 2.45) is 0 Å². The van der Waals surface area contributed by atoms with Gasteiger partial charge in [0, 0.05) is 23.9 Å². The first-order valence-electron chi connectivity index (χ1n) is 7.18. The van der Waals surface area contributed by atoms with E-state index in [1.54, 1.807) is 10.9 Å². The van der Waals surface area contributed by atoms with Crippen molar-refractivity contribution in [1.82, 2.24) is 14.8 Å². The fourth-order valence-electron chi connectivity index (χ4n) is 2.19. The Hall–Kier alpha value is -2.69. The van der Waals surface area contributed by atoms with Gasteiger partial charge in [-0.15, -0.1) is 0 Å². The van der Waals surface area contributed by atoms with E-state index in [9.17, 15) is 4.39 Å². The van der Waals surface area contributed by atoms with E-state index < -0.39 is 6.67 Å². The van der Waals surface area contributed by atoms with Crippen molar-refractivity contribution in [3.05, 3.63) is 66.6 Å². The Morgan fingerprint density at radius 2 is 1.91 bits per heavy atom. The lowest BCUT2D eigenvalue weighted by atomic mass is 10.1. The number of anilines is 1. The lowest BCUT2D eigenvalue weighted by Crippen LogP contribution is -2.00. The maximum atomic E-state index is 12.2. The smallest absolute Gasteiger partial charge is 0.109 e. The summed E-state index contributed by atoms with van der Waals surface area (Å²) < 4.78 is 13.8. The topological polar surface area (TPSA) is 42.7 Å². The summed E-state index contributed by atoms with van der Waals surface area (Å²) in [6.45, 7) is 0.533. The van der Waals surface area contributed by atoms with Crippen molar-refractivity contribution in [3.8, 4) is 11.3 Å². The van der Waals surface area contributed by atoms with Crippen LogP contribution in [0.1, 0.15) is 5.56 Å². The van der Waals surface area contributed by atoms with Crippen molar-refractivity contribution in [2.75, 3.05) is 12.0 Å². The van der Waals surface area contributed by atoms with E-state index in [0.29, 0.717) is 13.1 Å². The van der Waals surface area contributed by atoms with Gasteiger partial charge in [0.25, 0.3) is 0 Å². The van der Waals surface area contributed by atoms with E-state index in [2.05, 4.69) is 15.4 Å². The number of pyridine rings is 1. The average Bonchev–Trinajstić information content (AvgIpc) is 3.02. The number of halogens is 1. The van der Waals surface area contributed by atoms with Gasteiger partial charge in [-0.1, -0.05) is 30.3 Å². The second-order valence-corrected chi connectivity index (χ2v) is 4.95. The molecule has 0 aliphatic heterocycles. The van der Waals surface area contributed by atoms with E-state index >= 15 is 0 Å². The molecule has 112 valence electrons. The summed E-state index contributed by atoms with van der Waals surface area (Å²) in [7, 11) is 0. The molecule has 0 saturated heterocycles. The van der Waals surface area contributed by atoms with Crippen molar-refractivity contribution >= 4 is 5.69 Å². The first kappa shape index (κ1) is 14.3. The van der Waals surface area contributed by atoms with Gasteiger partial charge in [-0.25, -0.2) is 4.39 Å². The molecular weight excluding hydrogens is 279 g/mol. The second kappa shape index (κ2) is 6.85. The number of aryl methyl sites for hydroxylation is 1. The highest BCUT2D eigenvalue weighted by atomic mass is 19.1. The van der Waals surface area contributed by atoms with Crippen LogP contribution in [0.5, 0.6) is 0 Å². The third kappa shape index (κ3) is 3.49. The van der Waals surface area contributed by atoms with Crippen LogP contribution >= 0.6 is 0 Å². The highest BCUT2D eigenvalue weighted by molar-refractivity contribution is 5.60. The van der Waals surface area contributed by atoms with E-state index in [-0.39, 0.29) is 0 Å². The molecule has 0 spiro atoms. The molecule has 4 nitrogen and oxygen atoms in total. The predicted molar refractivity (Wildman–Crippen MR) is 85.2 cm³/mol. The van der Waals surface area contributed by atoms with Gasteiger partial charge in [0.05, 0.1) is 30.3 Å². The molecule has 0 aliphatic rings. The fraction of sp³-hybridized carbons (Fsp3) is 0.176. The quantitative estimate of drug-likeness (QED) is 0.756. The zero-order valence-corrected chi connectivity index (χ0v) is 12.1. The van der Waals surface area contributed by atoms with Gasteiger partial charge in [-0.2, -0.15) is 5.10 Å². The molecule has 0 bridgehead atoms. The first-order valence-corrected chi connectivity index (χ1v) is 7.18. The van der Waals surface area contributed by atoms with Crippen LogP contribution in [-0.4, -0.2) is 21.4 Å². The summed E-state index contributed by atoms with van der Waals surface area (Å²) in [5.74, 6) is 0. The Kier molecular flexibility index (Phi) is 4.44. The Labute approximate surface area is 128 Å². The van der Waals surface area contributed by atoms with Gasteiger partial charge in [0.15, 0.2) is 0 Å². The lowest BCUT2D eigenvalue weighted by Gasteiger charge is -2.06. The lowest BCUT2D eigenvalue weighted by molar-refractivity contribution is 0.427. The summed E-state index contributed by atoms with van der Waals surface area (Å²) in [6, 6.07) is 14.0. The molecule has 1 aromatic carbocycles. The maximum Gasteiger partial charge on any atom is 0.109 e. The van der Waals surface area contributed by atoms with Crippen LogP contribution in [0.15, 0.2) is 61.1 Å². The van der Waals surface area contributed by atoms with E-state index in [4.69, 9.17) is 0 Å². The average molecular weight is 296 g/mol. The summed E-state index contributed by atoms with van der Waals surface area (Å²) in [5, 5.41) is 7.38. The molecule has 2 heterocycles. The molecule has 3 aromatic rings. The highest BCUT2D eigenvalue weighted by Gasteiger charge is 2.01. The van der Waals surface area contributed by atoms with Gasteiger partial charge in [-0.05, 0) is 12.1 Å². The van der Waals surface area contributed by atoms with Gasteiger partial charge >= 0.3 is 0 Å². The van der Waals surface area contributed by atoms with Gasteiger partial charge in [0.2, 0.25) is 0 Å². The molecule has 0 atom stereocenters. The summed E-state index contributed by atoms with van der Waals surface area (Å²) >= 11 is 0. The van der Waals surface area contributed by atoms with Crippen molar-refractivity contribution in [2.45, 2.75) is 13.1 Å². The summed E-state index contributed by atoms with van der Waals surface area (Å²) in [4.78, 5) is 4.46. The minimum atomic E-state index is -0.403. The zero-order valence-electron chi connectivity index (χ0n) is 12.1. The first-order chi connectivity index (χ1) is 10.8. The van der Waals surface area contributed by atoms with E-state index in [0.717, 1.165) is 22.5 Å². The number of hydrogen-bond donors (Lipinski definition) is 1. The van der Waals surface area contributed by atoms with Crippen molar-refractivity contribution < 1.29 is 4.39 Å². The molecular formula is C17H17FN4. The summed E-state index contributed by atoms with van der Waals surface area (Å²) in [6.07, 6.45) is 5.40. The monoisotopic (exact) mass is 296 g/mol. The standard InChI is InChI=1S/C17H17FN4/c18-8-9-22-13-14(11-21-22)10-19-16-6-7-17(20-12-16)15-4-2-1-3-5-15/h1-7,11-13,19H,8-10H2. The molecule has 0 saturated carbocycles. The molecule has 22 heavy (non-hydrogen) atoms. The summed E-state index contributed by atoms with van der Waals surface area (Å²) in [5.41, 5.74) is 4.00. The van der Waals surface area contributed by atoms with Crippen LogP contribution in [0.4, 0.5) is 10.1 Å². The molecule has 1 N–H and O–H groups in total. The molecule has 2 aromatic heterocycles. The number of alkyl halides is 1. The predicted octanol–water partition coefficient (Wildman–Crippen LogP) is 3.53. The van der Waals surface area contributed by atoms with Crippen molar-refractivity contribution in [1.29, 1.82) is 0 Å². The van der Waals surface area contributed by atoms with Crippen LogP contribution in [0.2, 0.25) is 0 Å². The van der Waals surface area contributed by atoms with E-state index in [1.165, 1.54) is 0 Å². The largest absolute Gasteiger partial charge is 0.380 e. The maximum absolute atomic E-state index is 12.2. The molecule has 3 rings (SSSR count). The molecule has 0 amide bonds. The second-order valence-electron chi connectivity index (χ2n) is 4.95. The minimum absolute atomic E-state index is 0.299. The molecule has 5 heteroatoms. The Morgan fingerprint density at radius 1 is 1.05 bits per heavy atom. The van der Waals surface area contributed by atoms with Crippen LogP contribution in [0.3, 0.4) is 0 Å². The zero-order chi connectivity index (χ0) is 15.2. The van der Waals surface area contributed by atoms with E-state index in [1.807, 2.05) is 54.9 Å². The normalized spacial score (nSPS) is 10.6. The number of aromatic nitrogens is 3. The molecule has 0 unspecified atom stereocenters. The van der Waals surface area contributed by atoms with Crippen molar-refractivity contribution in [3.63, 3.8) is 0 Å². The van der Waals surface area contributed by atoms with Crippen LogP contribution in [0, 0.1) is 0 Å². The van der Waals surface area contributed by atoms with Gasteiger partial charge in [0.1, 0.15) is 6.67 Å². The van der Waals surface area contributed by atoms with Crippen LogP contribution < -0.4 is 5.32 Å². The SMILES string of the molecule is FCCn1cc(CNc2ccc(-c3ccccc3)nc2)cn1. The number of nitrogens with one attached hydrogen (secondary N) is 1. The number of hydrogen-bond acceptors (Lipinski definition) is 3. The minimum Gasteiger partial charge on any atom is -0.380 e. The number of benzene rings is 1. The van der Waals surface area contributed by atoms with Gasteiger partial charge in [-0.3, -0.25) is 9.67 Å². The number of rotatable bonds is 6. The van der Waals surface area contributed by atoms with Crippen LogP contribution in [0.25, 0.3) is 11.3 Å². The molecule has 0 fully saturated rings. The Balaban J connectivity index is 1.61. The van der Waals surface area contributed by atoms with Crippen LogP contribution in [-0.2, 0) is 13.1 Å². The fourth-order valence-corrected chi connectivity index (χ4v) is 2.19. The molecule has 0 aliphatic carbocycles. The highest BCUT2D eigenvalue weighted by Crippen LogP contribution is 2.18. The Morgan fingerprint density at radius 3 is 2.64 bits per heavy atom. The Bertz CT molecular complexity index is 707. The molecule has 0 radical (unpaired) electrons.